The Kier molecular flexibility index (Phi) is 3.29. The lowest BCUT2D eigenvalue weighted by Crippen LogP contribution is -2.44. The summed E-state index contributed by atoms with van der Waals surface area (Å²) in [5.74, 6) is 2.28. The van der Waals surface area contributed by atoms with Crippen molar-refractivity contribution < 1.29 is 4.79 Å². The third kappa shape index (κ3) is 2.71. The molecule has 1 heterocycles. The Hall–Kier alpha value is -0.570. The Balaban J connectivity index is 1.81. The van der Waals surface area contributed by atoms with Crippen molar-refractivity contribution in [2.75, 3.05) is 19.6 Å². The van der Waals surface area contributed by atoms with E-state index < -0.39 is 0 Å². The highest BCUT2D eigenvalue weighted by molar-refractivity contribution is 5.76. The number of hydrogen-bond donors (Lipinski definition) is 1. The molecule has 1 saturated heterocycles. The van der Waals surface area contributed by atoms with Crippen molar-refractivity contribution in [1.29, 1.82) is 0 Å². The molecule has 0 aromatic rings. The molecule has 2 atom stereocenters. The number of amides is 1. The van der Waals surface area contributed by atoms with E-state index >= 15 is 0 Å². The molecule has 86 valence electrons. The second-order valence-corrected chi connectivity index (χ2v) is 5.25. The topological polar surface area (TPSA) is 46.3 Å². The molecule has 15 heavy (non-hydrogen) atoms. The van der Waals surface area contributed by atoms with Crippen LogP contribution >= 0.6 is 0 Å². The van der Waals surface area contributed by atoms with Gasteiger partial charge in [0, 0.05) is 19.5 Å². The Bertz CT molecular complexity index is 238. The monoisotopic (exact) mass is 210 g/mol. The molecule has 0 radical (unpaired) electrons. The van der Waals surface area contributed by atoms with Gasteiger partial charge in [0.15, 0.2) is 0 Å². The number of nitrogens with zero attached hydrogens (tertiary/aromatic N) is 1. The average Bonchev–Trinajstić information content (AvgIpc) is 3.01. The molecule has 3 nitrogen and oxygen atoms in total. The minimum absolute atomic E-state index is 0.375. The van der Waals surface area contributed by atoms with Crippen molar-refractivity contribution in [3.8, 4) is 0 Å². The van der Waals surface area contributed by atoms with E-state index in [4.69, 9.17) is 5.73 Å². The SMILES string of the molecule is CC1CN(C(=O)CC2CC2)CCC1CN. The first-order valence-electron chi connectivity index (χ1n) is 6.18. The molecule has 0 spiro atoms. The third-order valence-electron chi connectivity index (χ3n) is 3.90. The Morgan fingerprint density at radius 1 is 1.40 bits per heavy atom. The van der Waals surface area contributed by atoms with Crippen molar-refractivity contribution in [1.82, 2.24) is 4.90 Å². The van der Waals surface area contributed by atoms with Crippen molar-refractivity contribution in [2.45, 2.75) is 32.6 Å². The second-order valence-electron chi connectivity index (χ2n) is 5.25. The Morgan fingerprint density at radius 2 is 2.13 bits per heavy atom. The van der Waals surface area contributed by atoms with Gasteiger partial charge in [0.25, 0.3) is 0 Å². The van der Waals surface area contributed by atoms with Crippen LogP contribution in [0.3, 0.4) is 0 Å². The van der Waals surface area contributed by atoms with Gasteiger partial charge in [-0.25, -0.2) is 0 Å². The first kappa shape index (κ1) is 10.9. The highest BCUT2D eigenvalue weighted by Gasteiger charge is 2.31. The maximum Gasteiger partial charge on any atom is 0.222 e. The molecule has 0 aromatic heterocycles. The van der Waals surface area contributed by atoms with E-state index in [-0.39, 0.29) is 0 Å². The van der Waals surface area contributed by atoms with Crippen molar-refractivity contribution in [2.24, 2.45) is 23.5 Å². The smallest absolute Gasteiger partial charge is 0.222 e. The van der Waals surface area contributed by atoms with E-state index in [0.29, 0.717) is 23.7 Å². The molecule has 2 rings (SSSR count). The summed E-state index contributed by atoms with van der Waals surface area (Å²) in [7, 11) is 0. The van der Waals surface area contributed by atoms with E-state index in [1.54, 1.807) is 0 Å². The molecule has 0 aromatic carbocycles. The van der Waals surface area contributed by atoms with Gasteiger partial charge >= 0.3 is 0 Å². The zero-order valence-corrected chi connectivity index (χ0v) is 9.61. The van der Waals surface area contributed by atoms with Crippen LogP contribution in [0.25, 0.3) is 0 Å². The van der Waals surface area contributed by atoms with Crippen molar-refractivity contribution >= 4 is 5.91 Å². The molecule has 0 bridgehead atoms. The fourth-order valence-electron chi connectivity index (χ4n) is 2.47. The zero-order chi connectivity index (χ0) is 10.8. The number of carbonyl (C=O) groups excluding carboxylic acids is 1. The van der Waals surface area contributed by atoms with E-state index in [2.05, 4.69) is 11.8 Å². The lowest BCUT2D eigenvalue weighted by molar-refractivity contribution is -0.134. The standard InChI is InChI=1S/C12H22N2O/c1-9-8-14(5-4-11(9)7-13)12(15)6-10-2-3-10/h9-11H,2-8,13H2,1H3. The minimum Gasteiger partial charge on any atom is -0.342 e. The summed E-state index contributed by atoms with van der Waals surface area (Å²) in [6, 6.07) is 0. The quantitative estimate of drug-likeness (QED) is 0.761. The summed E-state index contributed by atoms with van der Waals surface area (Å²) in [6.45, 7) is 4.84. The molecule has 2 N–H and O–H groups in total. The summed E-state index contributed by atoms with van der Waals surface area (Å²) < 4.78 is 0. The lowest BCUT2D eigenvalue weighted by atomic mass is 9.87. The number of piperidine rings is 1. The lowest BCUT2D eigenvalue weighted by Gasteiger charge is -2.36. The summed E-state index contributed by atoms with van der Waals surface area (Å²) in [5.41, 5.74) is 5.70. The van der Waals surface area contributed by atoms with Gasteiger partial charge in [0.05, 0.1) is 0 Å². The van der Waals surface area contributed by atoms with Gasteiger partial charge in [-0.3, -0.25) is 4.79 Å². The predicted molar refractivity (Wildman–Crippen MR) is 60.2 cm³/mol. The second kappa shape index (κ2) is 4.52. The van der Waals surface area contributed by atoms with Gasteiger partial charge in [-0.1, -0.05) is 6.92 Å². The molecule has 2 unspecified atom stereocenters. The molecular weight excluding hydrogens is 188 g/mol. The van der Waals surface area contributed by atoms with Crippen molar-refractivity contribution in [3.05, 3.63) is 0 Å². The van der Waals surface area contributed by atoms with Gasteiger partial charge in [0.2, 0.25) is 5.91 Å². The van der Waals surface area contributed by atoms with Crippen LogP contribution in [0, 0.1) is 17.8 Å². The average molecular weight is 210 g/mol. The summed E-state index contributed by atoms with van der Waals surface area (Å²) in [4.78, 5) is 13.9. The van der Waals surface area contributed by atoms with Gasteiger partial charge in [-0.05, 0) is 43.6 Å². The van der Waals surface area contributed by atoms with Crippen LogP contribution in [0.15, 0.2) is 0 Å². The number of rotatable bonds is 3. The van der Waals surface area contributed by atoms with Gasteiger partial charge in [-0.2, -0.15) is 0 Å². The highest BCUT2D eigenvalue weighted by atomic mass is 16.2. The van der Waals surface area contributed by atoms with Gasteiger partial charge < -0.3 is 10.6 Å². The molecule has 1 amide bonds. The predicted octanol–water partition coefficient (Wildman–Crippen LogP) is 1.23. The summed E-state index contributed by atoms with van der Waals surface area (Å²) in [6.07, 6.45) is 4.41. The first-order chi connectivity index (χ1) is 7.20. The van der Waals surface area contributed by atoms with Crippen LogP contribution in [0.2, 0.25) is 0 Å². The molecule has 1 saturated carbocycles. The number of carbonyl (C=O) groups is 1. The van der Waals surface area contributed by atoms with Crippen molar-refractivity contribution in [3.63, 3.8) is 0 Å². The summed E-state index contributed by atoms with van der Waals surface area (Å²) >= 11 is 0. The Labute approximate surface area is 92.0 Å². The zero-order valence-electron chi connectivity index (χ0n) is 9.61. The largest absolute Gasteiger partial charge is 0.342 e. The minimum atomic E-state index is 0.375. The van der Waals surface area contributed by atoms with Crippen LogP contribution in [0.5, 0.6) is 0 Å². The number of nitrogens with two attached hydrogens (primary N) is 1. The molecule has 2 aliphatic rings. The van der Waals surface area contributed by atoms with Crippen LogP contribution < -0.4 is 5.73 Å². The van der Waals surface area contributed by atoms with Crippen LogP contribution in [0.4, 0.5) is 0 Å². The van der Waals surface area contributed by atoms with Crippen LogP contribution in [0.1, 0.15) is 32.6 Å². The van der Waals surface area contributed by atoms with E-state index in [1.807, 2.05) is 0 Å². The Morgan fingerprint density at radius 3 is 2.67 bits per heavy atom. The number of hydrogen-bond acceptors (Lipinski definition) is 2. The summed E-state index contributed by atoms with van der Waals surface area (Å²) in [5, 5.41) is 0. The van der Waals surface area contributed by atoms with Crippen LogP contribution in [-0.2, 0) is 4.79 Å². The molecule has 1 aliphatic carbocycles. The van der Waals surface area contributed by atoms with Gasteiger partial charge in [-0.15, -0.1) is 0 Å². The highest BCUT2D eigenvalue weighted by Crippen LogP contribution is 2.33. The van der Waals surface area contributed by atoms with Crippen LogP contribution in [-0.4, -0.2) is 30.4 Å². The maximum atomic E-state index is 11.9. The molecular formula is C12H22N2O. The van der Waals surface area contributed by atoms with E-state index in [1.165, 1.54) is 12.8 Å². The van der Waals surface area contributed by atoms with Gasteiger partial charge in [0.1, 0.15) is 0 Å². The number of likely N-dealkylation sites (tertiary alicyclic amines) is 1. The van der Waals surface area contributed by atoms with E-state index in [0.717, 1.165) is 32.5 Å². The fraction of sp³-hybridized carbons (Fsp3) is 0.917. The molecule has 1 aliphatic heterocycles. The maximum absolute atomic E-state index is 11.9. The fourth-order valence-corrected chi connectivity index (χ4v) is 2.47. The first-order valence-corrected chi connectivity index (χ1v) is 6.18. The normalized spacial score (nSPS) is 31.7. The molecule has 3 heteroatoms. The van der Waals surface area contributed by atoms with E-state index in [9.17, 15) is 4.79 Å². The molecule has 2 fully saturated rings. The third-order valence-corrected chi connectivity index (χ3v) is 3.90.